The summed E-state index contributed by atoms with van der Waals surface area (Å²) < 4.78 is 6.14. The van der Waals surface area contributed by atoms with E-state index in [1.54, 1.807) is 0 Å². The summed E-state index contributed by atoms with van der Waals surface area (Å²) in [4.78, 5) is 13.8. The maximum atomic E-state index is 13.8. The molecule has 2 aromatic rings. The monoisotopic (exact) mass is 490 g/mol. The summed E-state index contributed by atoms with van der Waals surface area (Å²) >= 11 is 0. The van der Waals surface area contributed by atoms with Gasteiger partial charge in [0.05, 0.1) is 12.2 Å². The number of benzene rings is 2. The molecule has 0 bridgehead atoms. The van der Waals surface area contributed by atoms with E-state index >= 15 is 0 Å². The molecule has 2 aliphatic carbocycles. The minimum Gasteiger partial charge on any atom is -0.388 e. The topological polar surface area (TPSA) is 46.5 Å². The first-order valence-corrected chi connectivity index (χ1v) is 14.5. The predicted molar refractivity (Wildman–Crippen MR) is 147 cm³/mol. The van der Waals surface area contributed by atoms with Crippen LogP contribution in [0.2, 0.25) is 0 Å². The zero-order valence-corrected chi connectivity index (χ0v) is 22.5. The highest BCUT2D eigenvalue weighted by atomic mass is 16.5. The molecule has 0 heterocycles. The third kappa shape index (κ3) is 7.07. The van der Waals surface area contributed by atoms with Crippen molar-refractivity contribution in [2.24, 2.45) is 11.3 Å². The standard InChI is InChI=1S/C33H46O3/c1-3-36-28(23-31(34)26-15-8-5-9-16-26)24-33(2)21-12-17-27(20-22-33)32(35)30-19-11-10-18-29(30)25-13-6-4-7-14-25/h5,8-11,15-16,18-19,25,27-28,31,34H,3-4,6-7,12-14,17,20-24H2,1-2H3. The molecule has 4 unspecified atom stereocenters. The van der Waals surface area contributed by atoms with Crippen LogP contribution < -0.4 is 0 Å². The van der Waals surface area contributed by atoms with Crippen molar-refractivity contribution in [3.8, 4) is 0 Å². The lowest BCUT2D eigenvalue weighted by Gasteiger charge is -2.33. The van der Waals surface area contributed by atoms with Crippen molar-refractivity contribution >= 4 is 5.78 Å². The number of carbonyl (C=O) groups is 1. The Bertz CT molecular complexity index is 948. The van der Waals surface area contributed by atoms with E-state index < -0.39 is 6.10 Å². The van der Waals surface area contributed by atoms with Gasteiger partial charge in [0.2, 0.25) is 0 Å². The number of hydrogen-bond donors (Lipinski definition) is 1. The second-order valence-corrected chi connectivity index (χ2v) is 11.7. The molecule has 3 nitrogen and oxygen atoms in total. The van der Waals surface area contributed by atoms with Crippen molar-refractivity contribution in [1.82, 2.24) is 0 Å². The average Bonchev–Trinajstić information content (AvgIpc) is 3.11. The van der Waals surface area contributed by atoms with E-state index in [2.05, 4.69) is 25.1 Å². The highest BCUT2D eigenvalue weighted by Gasteiger charge is 2.35. The van der Waals surface area contributed by atoms with Gasteiger partial charge in [-0.25, -0.2) is 0 Å². The molecule has 3 heteroatoms. The second-order valence-electron chi connectivity index (χ2n) is 11.7. The summed E-state index contributed by atoms with van der Waals surface area (Å²) in [7, 11) is 0. The van der Waals surface area contributed by atoms with Crippen molar-refractivity contribution in [1.29, 1.82) is 0 Å². The molecule has 2 saturated carbocycles. The van der Waals surface area contributed by atoms with Crippen LogP contribution in [0, 0.1) is 11.3 Å². The third-order valence-corrected chi connectivity index (χ3v) is 8.86. The number of Topliss-reactive ketones (excluding diaryl/α,β-unsaturated/α-hetero) is 1. The molecule has 4 rings (SSSR count). The Morgan fingerprint density at radius 2 is 1.67 bits per heavy atom. The SMILES string of the molecule is CCOC(CC(O)c1ccccc1)CC1(C)CCCC(C(=O)c2ccccc2C2CCCCC2)CC1. The molecule has 0 aliphatic heterocycles. The van der Waals surface area contributed by atoms with Gasteiger partial charge >= 0.3 is 0 Å². The fourth-order valence-corrected chi connectivity index (χ4v) is 6.80. The van der Waals surface area contributed by atoms with E-state index in [0.717, 1.165) is 49.7 Å². The van der Waals surface area contributed by atoms with Gasteiger partial charge in [0.1, 0.15) is 0 Å². The molecule has 0 radical (unpaired) electrons. The summed E-state index contributed by atoms with van der Waals surface area (Å²) in [5.41, 5.74) is 3.39. The van der Waals surface area contributed by atoms with Crippen molar-refractivity contribution < 1.29 is 14.6 Å². The van der Waals surface area contributed by atoms with Crippen LogP contribution in [-0.4, -0.2) is 23.6 Å². The van der Waals surface area contributed by atoms with Gasteiger partial charge in [0, 0.05) is 24.5 Å². The molecule has 36 heavy (non-hydrogen) atoms. The van der Waals surface area contributed by atoms with E-state index in [1.807, 2.05) is 43.3 Å². The molecule has 2 aliphatic rings. The lowest BCUT2D eigenvalue weighted by atomic mass is 9.76. The molecule has 2 fully saturated rings. The van der Waals surface area contributed by atoms with Gasteiger partial charge in [-0.15, -0.1) is 0 Å². The quantitative estimate of drug-likeness (QED) is 0.268. The number of aliphatic hydroxyl groups is 1. The van der Waals surface area contributed by atoms with Gasteiger partial charge in [0.15, 0.2) is 5.78 Å². The third-order valence-electron chi connectivity index (χ3n) is 8.86. The number of aliphatic hydroxyl groups excluding tert-OH is 1. The summed E-state index contributed by atoms with van der Waals surface area (Å²) in [5.74, 6) is 1.05. The smallest absolute Gasteiger partial charge is 0.166 e. The van der Waals surface area contributed by atoms with Crippen LogP contribution in [0.1, 0.15) is 124 Å². The molecule has 1 N–H and O–H groups in total. The Labute approximate surface area is 218 Å². The van der Waals surface area contributed by atoms with Crippen molar-refractivity contribution in [3.05, 3.63) is 71.3 Å². The van der Waals surface area contributed by atoms with E-state index in [4.69, 9.17) is 4.74 Å². The van der Waals surface area contributed by atoms with Crippen molar-refractivity contribution in [2.75, 3.05) is 6.61 Å². The summed E-state index contributed by atoms with van der Waals surface area (Å²) in [6.07, 6.45) is 12.6. The van der Waals surface area contributed by atoms with Crippen LogP contribution in [0.5, 0.6) is 0 Å². The maximum Gasteiger partial charge on any atom is 0.166 e. The van der Waals surface area contributed by atoms with Gasteiger partial charge in [-0.3, -0.25) is 4.79 Å². The summed E-state index contributed by atoms with van der Waals surface area (Å²) in [6, 6.07) is 18.4. The van der Waals surface area contributed by atoms with Crippen LogP contribution in [0.15, 0.2) is 54.6 Å². The minimum absolute atomic E-state index is 0.0227. The zero-order valence-electron chi connectivity index (χ0n) is 22.5. The van der Waals surface area contributed by atoms with E-state index in [-0.39, 0.29) is 17.4 Å². The van der Waals surface area contributed by atoms with Gasteiger partial charge < -0.3 is 9.84 Å². The van der Waals surface area contributed by atoms with E-state index in [1.165, 1.54) is 37.7 Å². The normalized spacial score (nSPS) is 25.1. The Balaban J connectivity index is 1.40. The number of carbonyl (C=O) groups excluding carboxylic acids is 1. The van der Waals surface area contributed by atoms with E-state index in [9.17, 15) is 9.90 Å². The Hall–Kier alpha value is -1.97. The Kier molecular flexibility index (Phi) is 9.79. The largest absolute Gasteiger partial charge is 0.388 e. The maximum absolute atomic E-state index is 13.8. The second kappa shape index (κ2) is 13.0. The van der Waals surface area contributed by atoms with Crippen LogP contribution in [-0.2, 0) is 4.74 Å². The molecule has 4 atom stereocenters. The van der Waals surface area contributed by atoms with Crippen LogP contribution in [0.4, 0.5) is 0 Å². The minimum atomic E-state index is -0.511. The van der Waals surface area contributed by atoms with Gasteiger partial charge in [-0.05, 0) is 74.3 Å². The summed E-state index contributed by atoms with van der Waals surface area (Å²) in [5, 5.41) is 10.8. The van der Waals surface area contributed by atoms with E-state index in [0.29, 0.717) is 24.7 Å². The first-order chi connectivity index (χ1) is 17.5. The zero-order chi connectivity index (χ0) is 25.4. The number of ketones is 1. The number of rotatable bonds is 10. The van der Waals surface area contributed by atoms with Crippen molar-refractivity contribution in [3.63, 3.8) is 0 Å². The molecule has 2 aromatic carbocycles. The molecule has 0 spiro atoms. The Morgan fingerprint density at radius 3 is 2.42 bits per heavy atom. The highest BCUT2D eigenvalue weighted by molar-refractivity contribution is 5.99. The molecule has 0 aromatic heterocycles. The summed E-state index contributed by atoms with van der Waals surface area (Å²) in [6.45, 7) is 5.06. The van der Waals surface area contributed by atoms with Crippen LogP contribution in [0.3, 0.4) is 0 Å². The first kappa shape index (κ1) is 27.1. The van der Waals surface area contributed by atoms with Crippen molar-refractivity contribution in [2.45, 2.75) is 109 Å². The molecular formula is C33H46O3. The lowest BCUT2D eigenvalue weighted by molar-refractivity contribution is -0.0108. The lowest BCUT2D eigenvalue weighted by Crippen LogP contribution is -2.27. The first-order valence-electron chi connectivity index (χ1n) is 14.5. The fourth-order valence-electron chi connectivity index (χ4n) is 6.80. The Morgan fingerprint density at radius 1 is 0.944 bits per heavy atom. The highest BCUT2D eigenvalue weighted by Crippen LogP contribution is 2.43. The number of ether oxygens (including phenoxy) is 1. The van der Waals surface area contributed by atoms with Crippen LogP contribution in [0.25, 0.3) is 0 Å². The molecular weight excluding hydrogens is 444 g/mol. The fraction of sp³-hybridized carbons (Fsp3) is 0.606. The van der Waals surface area contributed by atoms with Crippen LogP contribution >= 0.6 is 0 Å². The van der Waals surface area contributed by atoms with Gasteiger partial charge in [0.25, 0.3) is 0 Å². The average molecular weight is 491 g/mol. The van der Waals surface area contributed by atoms with Gasteiger partial charge in [-0.1, -0.05) is 87.2 Å². The predicted octanol–water partition coefficient (Wildman–Crippen LogP) is 8.42. The van der Waals surface area contributed by atoms with Gasteiger partial charge in [-0.2, -0.15) is 0 Å². The number of hydrogen-bond acceptors (Lipinski definition) is 3. The molecule has 196 valence electrons. The molecule has 0 saturated heterocycles. The molecule has 0 amide bonds.